The summed E-state index contributed by atoms with van der Waals surface area (Å²) >= 11 is 0. The molecule has 0 radical (unpaired) electrons. The zero-order valence-corrected chi connectivity index (χ0v) is 18.9. The van der Waals surface area contributed by atoms with Crippen molar-refractivity contribution in [3.8, 4) is 5.75 Å². The second kappa shape index (κ2) is 9.40. The van der Waals surface area contributed by atoms with Crippen LogP contribution in [0.4, 0.5) is 0 Å². The predicted octanol–water partition coefficient (Wildman–Crippen LogP) is 3.39. The molecular formula is C24H30N2O4S. The maximum Gasteiger partial charge on any atom is 0.243 e. The van der Waals surface area contributed by atoms with Gasteiger partial charge in [0, 0.05) is 32.6 Å². The minimum absolute atomic E-state index is 0.0841. The molecule has 1 amide bonds. The molecule has 0 atom stereocenters. The molecule has 2 aliphatic heterocycles. The molecule has 0 N–H and O–H groups in total. The molecule has 1 fully saturated rings. The van der Waals surface area contributed by atoms with Crippen molar-refractivity contribution in [1.82, 2.24) is 9.21 Å². The van der Waals surface area contributed by atoms with E-state index in [1.54, 1.807) is 29.6 Å². The monoisotopic (exact) mass is 442 g/mol. The second-order valence-electron chi connectivity index (χ2n) is 8.27. The Morgan fingerprint density at radius 2 is 1.74 bits per heavy atom. The third-order valence-electron chi connectivity index (χ3n) is 6.30. The zero-order chi connectivity index (χ0) is 21.8. The number of nitrogens with zero attached hydrogens (tertiary/aromatic N) is 2. The standard InChI is InChI=1S/C24H30N2O4S/c1-30-23-11-10-22(31(28,29)26-14-5-2-6-15-26)17-20(23)9-12-24(27)25-16-13-19-7-3-4-8-21(19)18-25/h3-4,7-8,10-11,17H,2,5-6,9,12-16,18H2,1H3. The zero-order valence-electron chi connectivity index (χ0n) is 18.0. The molecule has 0 aromatic heterocycles. The summed E-state index contributed by atoms with van der Waals surface area (Å²) in [5.41, 5.74) is 3.27. The summed E-state index contributed by atoms with van der Waals surface area (Å²) in [7, 11) is -1.95. The summed E-state index contributed by atoms with van der Waals surface area (Å²) in [5.74, 6) is 0.704. The Morgan fingerprint density at radius 1 is 1.00 bits per heavy atom. The minimum Gasteiger partial charge on any atom is -0.496 e. The molecule has 7 heteroatoms. The van der Waals surface area contributed by atoms with Gasteiger partial charge in [-0.15, -0.1) is 0 Å². The van der Waals surface area contributed by atoms with Gasteiger partial charge in [-0.3, -0.25) is 4.79 Å². The maximum absolute atomic E-state index is 13.1. The van der Waals surface area contributed by atoms with Gasteiger partial charge in [0.1, 0.15) is 5.75 Å². The van der Waals surface area contributed by atoms with E-state index in [0.29, 0.717) is 38.2 Å². The van der Waals surface area contributed by atoms with Crippen molar-refractivity contribution in [2.24, 2.45) is 0 Å². The number of rotatable bonds is 6. The summed E-state index contributed by atoms with van der Waals surface area (Å²) in [6, 6.07) is 13.2. The van der Waals surface area contributed by atoms with Crippen molar-refractivity contribution in [2.45, 2.75) is 50.0 Å². The number of sulfonamides is 1. The van der Waals surface area contributed by atoms with Crippen LogP contribution in [0.3, 0.4) is 0 Å². The largest absolute Gasteiger partial charge is 0.496 e. The average molecular weight is 443 g/mol. The second-order valence-corrected chi connectivity index (χ2v) is 10.2. The van der Waals surface area contributed by atoms with Crippen molar-refractivity contribution in [2.75, 3.05) is 26.7 Å². The van der Waals surface area contributed by atoms with Gasteiger partial charge >= 0.3 is 0 Å². The molecule has 0 unspecified atom stereocenters. The Bertz CT molecular complexity index is 1050. The molecule has 1 saturated heterocycles. The Hall–Kier alpha value is -2.38. The maximum atomic E-state index is 13.1. The summed E-state index contributed by atoms with van der Waals surface area (Å²) in [6.07, 6.45) is 4.51. The first kappa shape index (κ1) is 21.8. The normalized spacial score (nSPS) is 17.3. The predicted molar refractivity (Wildman–Crippen MR) is 119 cm³/mol. The van der Waals surface area contributed by atoms with Crippen LogP contribution in [0.5, 0.6) is 5.75 Å². The number of benzene rings is 2. The highest BCUT2D eigenvalue weighted by molar-refractivity contribution is 7.89. The Kier molecular flexibility index (Phi) is 6.62. The summed E-state index contributed by atoms with van der Waals surface area (Å²) in [4.78, 5) is 15.0. The van der Waals surface area contributed by atoms with E-state index in [4.69, 9.17) is 4.74 Å². The van der Waals surface area contributed by atoms with Gasteiger partial charge in [0.15, 0.2) is 0 Å². The minimum atomic E-state index is -3.52. The first-order chi connectivity index (χ1) is 15.0. The van der Waals surface area contributed by atoms with E-state index in [1.807, 2.05) is 17.0 Å². The number of fused-ring (bicyclic) bond motifs is 1. The van der Waals surface area contributed by atoms with Crippen LogP contribution in [0.2, 0.25) is 0 Å². The number of carbonyl (C=O) groups excluding carboxylic acids is 1. The molecule has 2 heterocycles. The van der Waals surface area contributed by atoms with Crippen molar-refractivity contribution >= 4 is 15.9 Å². The molecule has 4 rings (SSSR count). The summed E-state index contributed by atoms with van der Waals surface area (Å²) in [5, 5.41) is 0. The molecule has 6 nitrogen and oxygen atoms in total. The fourth-order valence-electron chi connectivity index (χ4n) is 4.47. The fourth-order valence-corrected chi connectivity index (χ4v) is 6.04. The van der Waals surface area contributed by atoms with Gasteiger partial charge in [-0.25, -0.2) is 8.42 Å². The number of ether oxygens (including phenoxy) is 1. The Morgan fingerprint density at radius 3 is 2.48 bits per heavy atom. The van der Waals surface area contributed by atoms with Gasteiger partial charge < -0.3 is 9.64 Å². The van der Waals surface area contributed by atoms with Crippen LogP contribution < -0.4 is 4.74 Å². The van der Waals surface area contributed by atoms with Crippen LogP contribution in [-0.4, -0.2) is 50.3 Å². The van der Waals surface area contributed by atoms with Gasteiger partial charge in [0.05, 0.1) is 12.0 Å². The van der Waals surface area contributed by atoms with E-state index in [0.717, 1.165) is 37.8 Å². The number of aryl methyl sites for hydroxylation is 1. The number of piperidine rings is 1. The molecule has 31 heavy (non-hydrogen) atoms. The van der Waals surface area contributed by atoms with Crippen molar-refractivity contribution < 1.29 is 17.9 Å². The van der Waals surface area contributed by atoms with E-state index in [-0.39, 0.29) is 10.8 Å². The van der Waals surface area contributed by atoms with Gasteiger partial charge in [-0.1, -0.05) is 30.7 Å². The third kappa shape index (κ3) is 4.77. The van der Waals surface area contributed by atoms with Crippen LogP contribution in [0.15, 0.2) is 47.4 Å². The number of hydrogen-bond acceptors (Lipinski definition) is 4. The molecule has 2 aromatic rings. The molecule has 2 aliphatic rings. The number of methoxy groups -OCH3 is 1. The average Bonchev–Trinajstić information content (AvgIpc) is 2.82. The van der Waals surface area contributed by atoms with E-state index in [9.17, 15) is 13.2 Å². The lowest BCUT2D eigenvalue weighted by Gasteiger charge is -2.29. The Balaban J connectivity index is 1.46. The first-order valence-corrected chi connectivity index (χ1v) is 12.4. The van der Waals surface area contributed by atoms with Crippen molar-refractivity contribution in [3.05, 3.63) is 59.2 Å². The highest BCUT2D eigenvalue weighted by Crippen LogP contribution is 2.28. The molecule has 2 aromatic carbocycles. The van der Waals surface area contributed by atoms with E-state index in [2.05, 4.69) is 12.1 Å². The number of amides is 1. The van der Waals surface area contributed by atoms with Crippen molar-refractivity contribution in [3.63, 3.8) is 0 Å². The summed E-state index contributed by atoms with van der Waals surface area (Å²) < 4.78 is 33.1. The van der Waals surface area contributed by atoms with Crippen LogP contribution in [0.25, 0.3) is 0 Å². The van der Waals surface area contributed by atoms with Gasteiger partial charge in [-0.05, 0) is 60.6 Å². The van der Waals surface area contributed by atoms with Gasteiger partial charge in [0.2, 0.25) is 15.9 Å². The van der Waals surface area contributed by atoms with Crippen molar-refractivity contribution in [1.29, 1.82) is 0 Å². The molecule has 0 aliphatic carbocycles. The molecule has 0 spiro atoms. The quantitative estimate of drug-likeness (QED) is 0.688. The van der Waals surface area contributed by atoms with E-state index < -0.39 is 10.0 Å². The van der Waals surface area contributed by atoms with Crippen LogP contribution >= 0.6 is 0 Å². The topological polar surface area (TPSA) is 66.9 Å². The first-order valence-electron chi connectivity index (χ1n) is 11.0. The fraction of sp³-hybridized carbons (Fsp3) is 0.458. The van der Waals surface area contributed by atoms with Crippen LogP contribution in [0, 0.1) is 0 Å². The third-order valence-corrected chi connectivity index (χ3v) is 8.19. The molecule has 0 saturated carbocycles. The number of carbonyl (C=O) groups is 1. The van der Waals surface area contributed by atoms with E-state index >= 15 is 0 Å². The lowest BCUT2D eigenvalue weighted by molar-refractivity contribution is -0.132. The lowest BCUT2D eigenvalue weighted by atomic mass is 9.99. The number of hydrogen-bond donors (Lipinski definition) is 0. The smallest absolute Gasteiger partial charge is 0.243 e. The van der Waals surface area contributed by atoms with Crippen LogP contribution in [-0.2, 0) is 34.2 Å². The molecule has 166 valence electrons. The molecule has 0 bridgehead atoms. The van der Waals surface area contributed by atoms with E-state index in [1.165, 1.54) is 11.1 Å². The lowest BCUT2D eigenvalue weighted by Crippen LogP contribution is -2.36. The highest BCUT2D eigenvalue weighted by Gasteiger charge is 2.27. The Labute approximate surface area is 184 Å². The van der Waals surface area contributed by atoms with Crippen LogP contribution in [0.1, 0.15) is 42.4 Å². The SMILES string of the molecule is COc1ccc(S(=O)(=O)N2CCCCC2)cc1CCC(=O)N1CCc2ccccc2C1. The molecular weight excluding hydrogens is 412 g/mol. The highest BCUT2D eigenvalue weighted by atomic mass is 32.2. The van der Waals surface area contributed by atoms with Gasteiger partial charge in [-0.2, -0.15) is 4.31 Å². The van der Waals surface area contributed by atoms with Gasteiger partial charge in [0.25, 0.3) is 0 Å². The summed E-state index contributed by atoms with van der Waals surface area (Å²) in [6.45, 7) is 2.49.